The molecule has 0 fully saturated rings. The first kappa shape index (κ1) is 11.6. The molecular weight excluding hydrogens is 238 g/mol. The lowest BCUT2D eigenvalue weighted by Gasteiger charge is -2.02. The normalized spacial score (nSPS) is 10.8. The van der Waals surface area contributed by atoms with Gasteiger partial charge in [-0.05, 0) is 28.8 Å². The third-order valence-corrected chi connectivity index (χ3v) is 4.04. The zero-order valence-electron chi connectivity index (χ0n) is 9.19. The third-order valence-electron chi connectivity index (χ3n) is 2.40. The molecule has 0 unspecified atom stereocenters. The molecule has 2 heterocycles. The lowest BCUT2D eigenvalue weighted by molar-refractivity contribution is 0.681. The molecule has 0 radical (unpaired) electrons. The van der Waals surface area contributed by atoms with E-state index in [0.29, 0.717) is 5.13 Å². The van der Waals surface area contributed by atoms with E-state index in [1.165, 1.54) is 22.5 Å². The molecule has 3 nitrogen and oxygen atoms in total. The molecule has 0 atom stereocenters. The summed E-state index contributed by atoms with van der Waals surface area (Å²) in [6.07, 6.45) is 0.941. The molecule has 0 amide bonds. The third kappa shape index (κ3) is 3.04. The predicted molar refractivity (Wildman–Crippen MR) is 71.0 cm³/mol. The van der Waals surface area contributed by atoms with Gasteiger partial charge in [0.15, 0.2) is 5.13 Å². The maximum atomic E-state index is 5.57. The zero-order chi connectivity index (χ0) is 11.4. The quantitative estimate of drug-likeness (QED) is 0.805. The number of anilines is 1. The van der Waals surface area contributed by atoms with E-state index in [1.807, 2.05) is 5.38 Å². The molecule has 0 aliphatic rings. The highest BCUT2D eigenvalue weighted by molar-refractivity contribution is 7.13. The van der Waals surface area contributed by atoms with Crippen LogP contribution in [0.25, 0.3) is 0 Å². The van der Waals surface area contributed by atoms with E-state index >= 15 is 0 Å². The highest BCUT2D eigenvalue weighted by atomic mass is 32.1. The van der Waals surface area contributed by atoms with Crippen molar-refractivity contribution < 1.29 is 0 Å². The van der Waals surface area contributed by atoms with E-state index in [9.17, 15) is 0 Å². The van der Waals surface area contributed by atoms with Crippen LogP contribution in [0.2, 0.25) is 0 Å². The van der Waals surface area contributed by atoms with Crippen molar-refractivity contribution in [2.24, 2.45) is 0 Å². The van der Waals surface area contributed by atoms with Crippen LogP contribution in [0.5, 0.6) is 0 Å². The summed E-state index contributed by atoms with van der Waals surface area (Å²) < 4.78 is 0. The second-order valence-corrected chi connectivity index (χ2v) is 5.32. The van der Waals surface area contributed by atoms with Crippen molar-refractivity contribution in [3.63, 3.8) is 0 Å². The number of nitrogens with one attached hydrogen (secondary N) is 1. The molecule has 86 valence electrons. The number of nitrogens with zero attached hydrogens (tertiary/aromatic N) is 1. The smallest absolute Gasteiger partial charge is 0.180 e. The number of thiophene rings is 1. The summed E-state index contributed by atoms with van der Waals surface area (Å²) in [7, 11) is 0. The minimum Gasteiger partial charge on any atom is -0.375 e. The van der Waals surface area contributed by atoms with Crippen molar-refractivity contribution in [1.82, 2.24) is 10.3 Å². The van der Waals surface area contributed by atoms with Gasteiger partial charge in [0.25, 0.3) is 0 Å². The Morgan fingerprint density at radius 3 is 2.88 bits per heavy atom. The van der Waals surface area contributed by atoms with E-state index in [-0.39, 0.29) is 0 Å². The monoisotopic (exact) mass is 253 g/mol. The molecule has 16 heavy (non-hydrogen) atoms. The first-order valence-electron chi connectivity index (χ1n) is 5.18. The van der Waals surface area contributed by atoms with Gasteiger partial charge in [0, 0.05) is 24.9 Å². The van der Waals surface area contributed by atoms with Crippen molar-refractivity contribution in [3.05, 3.63) is 33.0 Å². The Morgan fingerprint density at radius 2 is 2.25 bits per heavy atom. The van der Waals surface area contributed by atoms with Crippen LogP contribution in [-0.2, 0) is 13.0 Å². The Balaban J connectivity index is 1.71. The Morgan fingerprint density at radius 1 is 1.38 bits per heavy atom. The van der Waals surface area contributed by atoms with Crippen LogP contribution in [0.15, 0.2) is 16.1 Å². The Bertz CT molecular complexity index is 448. The maximum absolute atomic E-state index is 5.57. The summed E-state index contributed by atoms with van der Waals surface area (Å²) in [4.78, 5) is 4.22. The minimum atomic E-state index is 0.656. The molecule has 0 aliphatic heterocycles. The Hall–Kier alpha value is -0.910. The molecule has 5 heteroatoms. The molecule has 2 aromatic heterocycles. The molecule has 2 aromatic rings. The second-order valence-electron chi connectivity index (χ2n) is 3.68. The average Bonchev–Trinajstić information content (AvgIpc) is 2.83. The van der Waals surface area contributed by atoms with Crippen molar-refractivity contribution in [1.29, 1.82) is 0 Å². The van der Waals surface area contributed by atoms with Gasteiger partial charge in [-0.25, -0.2) is 4.98 Å². The number of aryl methyl sites for hydroxylation is 1. The maximum Gasteiger partial charge on any atom is 0.180 e. The highest BCUT2D eigenvalue weighted by Crippen LogP contribution is 2.13. The van der Waals surface area contributed by atoms with Gasteiger partial charge < -0.3 is 11.1 Å². The predicted octanol–water partition coefficient (Wildman–Crippen LogP) is 2.43. The molecule has 3 N–H and O–H groups in total. The number of nitrogen functional groups attached to an aromatic ring is 1. The van der Waals surface area contributed by atoms with Crippen molar-refractivity contribution in [2.45, 2.75) is 19.9 Å². The fourth-order valence-corrected chi connectivity index (χ4v) is 2.90. The molecule has 0 aliphatic carbocycles. The highest BCUT2D eigenvalue weighted by Gasteiger charge is 2.00. The Kier molecular flexibility index (Phi) is 3.93. The summed E-state index contributed by atoms with van der Waals surface area (Å²) in [6.45, 7) is 4.03. The van der Waals surface area contributed by atoms with Gasteiger partial charge in [0.1, 0.15) is 0 Å². The van der Waals surface area contributed by atoms with Crippen LogP contribution in [0, 0.1) is 6.92 Å². The van der Waals surface area contributed by atoms with E-state index in [4.69, 9.17) is 5.73 Å². The largest absolute Gasteiger partial charge is 0.375 e. The van der Waals surface area contributed by atoms with Crippen LogP contribution < -0.4 is 11.1 Å². The van der Waals surface area contributed by atoms with Crippen molar-refractivity contribution in [2.75, 3.05) is 12.3 Å². The fraction of sp³-hybridized carbons (Fsp3) is 0.364. The van der Waals surface area contributed by atoms with Gasteiger partial charge in [0.05, 0.1) is 5.69 Å². The first-order valence-corrected chi connectivity index (χ1v) is 7.00. The lowest BCUT2D eigenvalue weighted by Crippen LogP contribution is -2.16. The van der Waals surface area contributed by atoms with E-state index < -0.39 is 0 Å². The van der Waals surface area contributed by atoms with Crippen LogP contribution in [0.3, 0.4) is 0 Å². The number of hydrogen-bond acceptors (Lipinski definition) is 5. The molecule has 0 bridgehead atoms. The van der Waals surface area contributed by atoms with Gasteiger partial charge in [-0.1, -0.05) is 0 Å². The Labute approximate surface area is 103 Å². The number of rotatable bonds is 5. The van der Waals surface area contributed by atoms with Crippen molar-refractivity contribution in [3.8, 4) is 0 Å². The number of hydrogen-bond donors (Lipinski definition) is 2. The van der Waals surface area contributed by atoms with Gasteiger partial charge in [-0.15, -0.1) is 11.3 Å². The topological polar surface area (TPSA) is 50.9 Å². The molecule has 0 saturated heterocycles. The standard InChI is InChI=1S/C11H15N3S2/c1-8-5-15-6-9(8)4-13-3-2-10-7-16-11(12)14-10/h5-7,13H,2-4H2,1H3,(H2,12,14). The van der Waals surface area contributed by atoms with Gasteiger partial charge in [0.2, 0.25) is 0 Å². The van der Waals surface area contributed by atoms with Gasteiger partial charge in [-0.2, -0.15) is 11.3 Å². The summed E-state index contributed by atoms with van der Waals surface area (Å²) in [5.41, 5.74) is 9.41. The molecule has 0 saturated carbocycles. The van der Waals surface area contributed by atoms with E-state index in [1.54, 1.807) is 11.3 Å². The molecule has 0 aromatic carbocycles. The number of aromatic nitrogens is 1. The number of nitrogens with two attached hydrogens (primary N) is 1. The fourth-order valence-electron chi connectivity index (χ4n) is 1.44. The van der Waals surface area contributed by atoms with Crippen LogP contribution in [-0.4, -0.2) is 11.5 Å². The summed E-state index contributed by atoms with van der Waals surface area (Å²) in [5.74, 6) is 0. The van der Waals surface area contributed by atoms with E-state index in [2.05, 4.69) is 28.0 Å². The van der Waals surface area contributed by atoms with Gasteiger partial charge >= 0.3 is 0 Å². The molecule has 2 rings (SSSR count). The first-order chi connectivity index (χ1) is 7.75. The minimum absolute atomic E-state index is 0.656. The summed E-state index contributed by atoms with van der Waals surface area (Å²) in [6, 6.07) is 0. The van der Waals surface area contributed by atoms with Gasteiger partial charge in [-0.3, -0.25) is 0 Å². The molecule has 0 spiro atoms. The van der Waals surface area contributed by atoms with Crippen molar-refractivity contribution >= 4 is 27.8 Å². The molecular formula is C11H15N3S2. The SMILES string of the molecule is Cc1cscc1CNCCc1csc(N)n1. The second kappa shape index (κ2) is 5.43. The summed E-state index contributed by atoms with van der Waals surface area (Å²) >= 11 is 3.26. The van der Waals surface area contributed by atoms with Crippen LogP contribution in [0.4, 0.5) is 5.13 Å². The zero-order valence-corrected chi connectivity index (χ0v) is 10.8. The lowest BCUT2D eigenvalue weighted by atomic mass is 10.2. The summed E-state index contributed by atoms with van der Waals surface area (Å²) in [5, 5.41) is 10.5. The average molecular weight is 253 g/mol. The van der Waals surface area contributed by atoms with Crippen LogP contribution in [0.1, 0.15) is 16.8 Å². The van der Waals surface area contributed by atoms with Crippen LogP contribution >= 0.6 is 22.7 Å². The number of thiazole rings is 1. The van der Waals surface area contributed by atoms with E-state index in [0.717, 1.165) is 25.2 Å².